The van der Waals surface area contributed by atoms with E-state index in [0.29, 0.717) is 18.1 Å². The Morgan fingerprint density at radius 1 is 1.32 bits per heavy atom. The van der Waals surface area contributed by atoms with E-state index < -0.39 is 0 Å². The largest absolute Gasteiger partial charge is 0.374 e. The van der Waals surface area contributed by atoms with Gasteiger partial charge in [-0.1, -0.05) is 6.92 Å². The molecule has 2 bridgehead atoms. The zero-order chi connectivity index (χ0) is 12.8. The van der Waals surface area contributed by atoms with Crippen molar-refractivity contribution >= 4 is 0 Å². The quantitative estimate of drug-likeness (QED) is 0.878. The van der Waals surface area contributed by atoms with Gasteiger partial charge in [0.2, 0.25) is 0 Å². The summed E-state index contributed by atoms with van der Waals surface area (Å²) in [7, 11) is 0. The molecule has 1 aromatic rings. The molecule has 0 spiro atoms. The maximum Gasteiger partial charge on any atom is 0.134 e. The number of hydrogen-bond acceptors (Lipinski definition) is 4. The van der Waals surface area contributed by atoms with Crippen LogP contribution in [0.25, 0.3) is 0 Å². The maximum absolute atomic E-state index is 5.96. The maximum atomic E-state index is 5.96. The van der Waals surface area contributed by atoms with Crippen LogP contribution < -0.4 is 5.32 Å². The van der Waals surface area contributed by atoms with E-state index in [-0.39, 0.29) is 0 Å². The van der Waals surface area contributed by atoms with Gasteiger partial charge in [-0.05, 0) is 25.7 Å². The van der Waals surface area contributed by atoms with Crippen molar-refractivity contribution in [2.24, 2.45) is 0 Å². The van der Waals surface area contributed by atoms with Gasteiger partial charge >= 0.3 is 0 Å². The molecule has 3 aliphatic heterocycles. The van der Waals surface area contributed by atoms with E-state index in [2.05, 4.69) is 12.2 Å². The molecule has 19 heavy (non-hydrogen) atoms. The highest BCUT2D eigenvalue weighted by molar-refractivity contribution is 5.29. The average molecular weight is 259 g/mol. The first-order chi connectivity index (χ1) is 9.35. The van der Waals surface area contributed by atoms with Gasteiger partial charge in [-0.15, -0.1) is 0 Å². The Morgan fingerprint density at radius 3 is 3.00 bits per heavy atom. The molecule has 1 N–H and O–H groups in total. The number of nitrogens with one attached hydrogen (secondary N) is 1. The summed E-state index contributed by atoms with van der Waals surface area (Å²) in [5, 5.41) is 3.43. The molecule has 0 radical (unpaired) electrons. The van der Waals surface area contributed by atoms with Gasteiger partial charge < -0.3 is 10.1 Å². The third kappa shape index (κ3) is 1.89. The lowest BCUT2D eigenvalue weighted by molar-refractivity contribution is 0.0998. The summed E-state index contributed by atoms with van der Waals surface area (Å²) < 4.78 is 5.96. The Morgan fingerprint density at radius 2 is 2.26 bits per heavy atom. The number of rotatable bonds is 2. The van der Waals surface area contributed by atoms with E-state index in [4.69, 9.17) is 14.7 Å². The highest BCUT2D eigenvalue weighted by Crippen LogP contribution is 2.43. The van der Waals surface area contributed by atoms with Crippen molar-refractivity contribution in [1.82, 2.24) is 15.3 Å². The van der Waals surface area contributed by atoms with Gasteiger partial charge in [0.1, 0.15) is 5.82 Å². The fourth-order valence-electron chi connectivity index (χ4n) is 3.80. The summed E-state index contributed by atoms with van der Waals surface area (Å²) >= 11 is 0. The van der Waals surface area contributed by atoms with Crippen molar-refractivity contribution in [3.8, 4) is 0 Å². The lowest BCUT2D eigenvalue weighted by Crippen LogP contribution is -2.28. The molecule has 4 rings (SSSR count). The van der Waals surface area contributed by atoms with Gasteiger partial charge in [0.05, 0.1) is 17.9 Å². The molecule has 102 valence electrons. The van der Waals surface area contributed by atoms with Crippen molar-refractivity contribution in [1.29, 1.82) is 0 Å². The molecule has 1 aromatic heterocycles. The second-order valence-corrected chi connectivity index (χ2v) is 5.95. The fraction of sp³-hybridized carbons (Fsp3) is 0.733. The van der Waals surface area contributed by atoms with Crippen LogP contribution in [-0.2, 0) is 24.1 Å². The smallest absolute Gasteiger partial charge is 0.134 e. The molecular weight excluding hydrogens is 238 g/mol. The number of nitrogens with zero attached hydrogens (tertiary/aromatic N) is 2. The highest BCUT2D eigenvalue weighted by Gasteiger charge is 2.43. The first kappa shape index (κ1) is 11.8. The Balaban J connectivity index is 1.72. The third-order valence-electron chi connectivity index (χ3n) is 4.81. The molecule has 2 fully saturated rings. The van der Waals surface area contributed by atoms with Crippen LogP contribution in [0.4, 0.5) is 0 Å². The molecule has 0 amide bonds. The Labute approximate surface area is 114 Å². The topological polar surface area (TPSA) is 47.0 Å². The predicted octanol–water partition coefficient (Wildman–Crippen LogP) is 1.72. The summed E-state index contributed by atoms with van der Waals surface area (Å²) in [6.45, 7) is 4.17. The highest BCUT2D eigenvalue weighted by atomic mass is 16.5. The van der Waals surface area contributed by atoms with E-state index in [1.54, 1.807) is 0 Å². The van der Waals surface area contributed by atoms with Crippen molar-refractivity contribution in [3.63, 3.8) is 0 Å². The molecule has 0 aliphatic carbocycles. The van der Waals surface area contributed by atoms with Crippen LogP contribution in [-0.4, -0.2) is 28.7 Å². The number of aryl methyl sites for hydroxylation is 1. The Kier molecular flexibility index (Phi) is 2.81. The van der Waals surface area contributed by atoms with Crippen molar-refractivity contribution < 1.29 is 4.74 Å². The SMILES string of the molecule is CCc1nc(C2CC3CCC2O3)nc2c1CNCC2. The first-order valence-electron chi connectivity index (χ1n) is 7.60. The summed E-state index contributed by atoms with van der Waals surface area (Å²) in [6.07, 6.45) is 6.46. The van der Waals surface area contributed by atoms with E-state index >= 15 is 0 Å². The van der Waals surface area contributed by atoms with Crippen LogP contribution in [0.5, 0.6) is 0 Å². The zero-order valence-electron chi connectivity index (χ0n) is 11.5. The molecule has 0 saturated carbocycles. The minimum absolute atomic E-state index is 0.384. The van der Waals surface area contributed by atoms with E-state index in [1.165, 1.54) is 29.8 Å². The minimum atomic E-state index is 0.384. The molecule has 4 nitrogen and oxygen atoms in total. The van der Waals surface area contributed by atoms with E-state index in [0.717, 1.165) is 38.2 Å². The van der Waals surface area contributed by atoms with Crippen LogP contribution in [0.1, 0.15) is 54.9 Å². The number of fused-ring (bicyclic) bond motifs is 3. The molecular formula is C15H21N3O. The average Bonchev–Trinajstić information content (AvgIpc) is 3.08. The summed E-state index contributed by atoms with van der Waals surface area (Å²) in [6, 6.07) is 0. The summed E-state index contributed by atoms with van der Waals surface area (Å²) in [4.78, 5) is 9.77. The fourth-order valence-corrected chi connectivity index (χ4v) is 3.80. The van der Waals surface area contributed by atoms with Gasteiger partial charge in [-0.25, -0.2) is 9.97 Å². The van der Waals surface area contributed by atoms with E-state index in [9.17, 15) is 0 Å². The molecule has 2 saturated heterocycles. The van der Waals surface area contributed by atoms with Gasteiger partial charge in [-0.3, -0.25) is 0 Å². The van der Waals surface area contributed by atoms with Crippen LogP contribution in [0.2, 0.25) is 0 Å². The van der Waals surface area contributed by atoms with Gasteiger partial charge in [-0.2, -0.15) is 0 Å². The predicted molar refractivity (Wildman–Crippen MR) is 72.1 cm³/mol. The standard InChI is InChI=1S/C15H21N3O/c1-2-12-11-8-16-6-5-13(11)18-15(17-12)10-7-9-3-4-14(10)19-9/h9-10,14,16H,2-8H2,1H3. The zero-order valence-corrected chi connectivity index (χ0v) is 11.5. The summed E-state index contributed by atoms with van der Waals surface area (Å²) in [5.41, 5.74) is 3.87. The molecule has 4 heteroatoms. The van der Waals surface area contributed by atoms with Crippen molar-refractivity contribution in [2.75, 3.05) is 6.54 Å². The number of ether oxygens (including phenoxy) is 1. The molecule has 0 aromatic carbocycles. The van der Waals surface area contributed by atoms with E-state index in [1.807, 2.05) is 0 Å². The van der Waals surface area contributed by atoms with Gasteiger partial charge in [0, 0.05) is 36.7 Å². The molecule has 3 atom stereocenters. The molecule has 3 unspecified atom stereocenters. The van der Waals surface area contributed by atoms with Crippen molar-refractivity contribution in [3.05, 3.63) is 22.8 Å². The normalized spacial score (nSPS) is 32.6. The monoisotopic (exact) mass is 259 g/mol. The Hall–Kier alpha value is -1.00. The van der Waals surface area contributed by atoms with Crippen molar-refractivity contribution in [2.45, 2.75) is 63.7 Å². The summed E-state index contributed by atoms with van der Waals surface area (Å²) in [5.74, 6) is 1.51. The molecule has 3 aliphatic rings. The second kappa shape index (κ2) is 4.53. The Bertz CT molecular complexity index is 485. The van der Waals surface area contributed by atoms with Crippen LogP contribution in [0.15, 0.2) is 0 Å². The van der Waals surface area contributed by atoms with Gasteiger partial charge in [0.15, 0.2) is 0 Å². The number of hydrogen-bond donors (Lipinski definition) is 1. The van der Waals surface area contributed by atoms with Crippen LogP contribution in [0, 0.1) is 0 Å². The third-order valence-corrected chi connectivity index (χ3v) is 4.81. The minimum Gasteiger partial charge on any atom is -0.374 e. The number of aromatic nitrogens is 2. The first-order valence-corrected chi connectivity index (χ1v) is 7.60. The van der Waals surface area contributed by atoms with Gasteiger partial charge in [0.25, 0.3) is 0 Å². The molecule has 4 heterocycles. The second-order valence-electron chi connectivity index (χ2n) is 5.95. The van der Waals surface area contributed by atoms with Crippen LogP contribution >= 0.6 is 0 Å². The lowest BCUT2D eigenvalue weighted by Gasteiger charge is -2.23. The van der Waals surface area contributed by atoms with Crippen LogP contribution in [0.3, 0.4) is 0 Å². The lowest BCUT2D eigenvalue weighted by atomic mass is 9.88.